The summed E-state index contributed by atoms with van der Waals surface area (Å²) in [5.74, 6) is 2.24. The first-order chi connectivity index (χ1) is 14.2. The second-order valence-corrected chi connectivity index (χ2v) is 7.94. The fourth-order valence-electron chi connectivity index (χ4n) is 2.91. The molecule has 29 heavy (non-hydrogen) atoms. The zero-order valence-corrected chi connectivity index (χ0v) is 17.5. The lowest BCUT2D eigenvalue weighted by Gasteiger charge is -2.11. The molecular weight excluding hydrogens is 402 g/mol. The fraction of sp³-hybridized carbons (Fsp3) is 0.130. The summed E-state index contributed by atoms with van der Waals surface area (Å²) < 4.78 is 7.89. The summed E-state index contributed by atoms with van der Waals surface area (Å²) in [6, 6.07) is 26.0. The molecule has 1 heterocycles. The molecule has 0 amide bonds. The average Bonchev–Trinajstić information content (AvgIpc) is 3.17. The van der Waals surface area contributed by atoms with Gasteiger partial charge in [0.1, 0.15) is 5.75 Å². The highest BCUT2D eigenvalue weighted by Crippen LogP contribution is 2.28. The van der Waals surface area contributed by atoms with Gasteiger partial charge in [-0.1, -0.05) is 83.5 Å². The summed E-state index contributed by atoms with van der Waals surface area (Å²) >= 11 is 7.76. The third kappa shape index (κ3) is 4.63. The van der Waals surface area contributed by atoms with E-state index in [2.05, 4.69) is 46.0 Å². The third-order valence-corrected chi connectivity index (χ3v) is 5.57. The molecule has 0 fully saturated rings. The van der Waals surface area contributed by atoms with E-state index in [4.69, 9.17) is 16.3 Å². The van der Waals surface area contributed by atoms with E-state index in [1.807, 2.05) is 54.6 Å². The number of halogens is 1. The highest BCUT2D eigenvalue weighted by Gasteiger charge is 2.16. The summed E-state index contributed by atoms with van der Waals surface area (Å²) in [6.07, 6.45) is 0. The molecule has 0 atom stereocenters. The lowest BCUT2D eigenvalue weighted by atomic mass is 10.2. The van der Waals surface area contributed by atoms with Crippen LogP contribution in [-0.2, 0) is 0 Å². The van der Waals surface area contributed by atoms with E-state index >= 15 is 0 Å². The molecule has 3 aromatic carbocycles. The van der Waals surface area contributed by atoms with Crippen LogP contribution in [0.3, 0.4) is 0 Å². The van der Waals surface area contributed by atoms with E-state index in [9.17, 15) is 0 Å². The number of rotatable bonds is 7. The van der Waals surface area contributed by atoms with Gasteiger partial charge in [-0.05, 0) is 31.2 Å². The SMILES string of the molecule is Cc1ccc(-n2c(SCCOc3ccccc3Cl)nnc2-c2ccccc2)cc1. The van der Waals surface area contributed by atoms with Crippen LogP contribution in [0.5, 0.6) is 5.75 Å². The van der Waals surface area contributed by atoms with Gasteiger partial charge in [0.2, 0.25) is 0 Å². The van der Waals surface area contributed by atoms with Crippen molar-refractivity contribution in [2.45, 2.75) is 12.1 Å². The third-order valence-electron chi connectivity index (χ3n) is 4.37. The van der Waals surface area contributed by atoms with Crippen LogP contribution in [0.1, 0.15) is 5.56 Å². The van der Waals surface area contributed by atoms with E-state index in [1.54, 1.807) is 11.8 Å². The second kappa shape index (κ2) is 9.16. The van der Waals surface area contributed by atoms with Crippen molar-refractivity contribution in [2.75, 3.05) is 12.4 Å². The van der Waals surface area contributed by atoms with Gasteiger partial charge in [0.15, 0.2) is 11.0 Å². The molecule has 4 nitrogen and oxygen atoms in total. The van der Waals surface area contributed by atoms with Crippen molar-refractivity contribution in [3.8, 4) is 22.8 Å². The molecule has 0 bridgehead atoms. The van der Waals surface area contributed by atoms with E-state index in [0.29, 0.717) is 17.4 Å². The lowest BCUT2D eigenvalue weighted by molar-refractivity contribution is 0.344. The summed E-state index contributed by atoms with van der Waals surface area (Å²) in [7, 11) is 0. The number of aryl methyl sites for hydroxylation is 1. The van der Waals surface area contributed by atoms with Crippen LogP contribution in [0.25, 0.3) is 17.1 Å². The fourth-order valence-corrected chi connectivity index (χ4v) is 3.87. The summed E-state index contributed by atoms with van der Waals surface area (Å²) in [6.45, 7) is 2.60. The van der Waals surface area contributed by atoms with Gasteiger partial charge >= 0.3 is 0 Å². The number of benzene rings is 3. The predicted molar refractivity (Wildman–Crippen MR) is 119 cm³/mol. The maximum absolute atomic E-state index is 6.15. The number of nitrogens with zero attached hydrogens (tertiary/aromatic N) is 3. The molecule has 0 saturated heterocycles. The molecule has 6 heteroatoms. The van der Waals surface area contributed by atoms with E-state index in [1.165, 1.54) is 5.56 Å². The van der Waals surface area contributed by atoms with Crippen LogP contribution in [0.4, 0.5) is 0 Å². The first-order valence-electron chi connectivity index (χ1n) is 9.30. The second-order valence-electron chi connectivity index (χ2n) is 6.47. The zero-order valence-electron chi connectivity index (χ0n) is 16.0. The van der Waals surface area contributed by atoms with Gasteiger partial charge in [-0.15, -0.1) is 10.2 Å². The number of thioether (sulfide) groups is 1. The molecule has 0 aliphatic rings. The number of hydrogen-bond acceptors (Lipinski definition) is 4. The van der Waals surface area contributed by atoms with Gasteiger partial charge in [0.05, 0.1) is 11.6 Å². The molecule has 0 unspecified atom stereocenters. The van der Waals surface area contributed by atoms with Gasteiger partial charge in [0.25, 0.3) is 0 Å². The summed E-state index contributed by atoms with van der Waals surface area (Å²) in [5, 5.41) is 10.4. The van der Waals surface area contributed by atoms with Crippen LogP contribution in [0.15, 0.2) is 84.0 Å². The van der Waals surface area contributed by atoms with E-state index < -0.39 is 0 Å². The minimum Gasteiger partial charge on any atom is -0.491 e. The van der Waals surface area contributed by atoms with Crippen molar-refractivity contribution in [1.82, 2.24) is 14.8 Å². The topological polar surface area (TPSA) is 39.9 Å². The number of aromatic nitrogens is 3. The van der Waals surface area contributed by atoms with Crippen LogP contribution in [0, 0.1) is 6.92 Å². The molecular formula is C23H20ClN3OS. The molecule has 1 aromatic heterocycles. The molecule has 0 aliphatic carbocycles. The minimum atomic E-state index is 0.524. The van der Waals surface area contributed by atoms with E-state index in [-0.39, 0.29) is 0 Å². The number of para-hydroxylation sites is 1. The zero-order chi connectivity index (χ0) is 20.1. The number of hydrogen-bond donors (Lipinski definition) is 0. The Hall–Kier alpha value is -2.76. The van der Waals surface area contributed by atoms with Crippen LogP contribution in [0.2, 0.25) is 5.02 Å². The quantitative estimate of drug-likeness (QED) is 0.268. The molecule has 4 rings (SSSR count). The smallest absolute Gasteiger partial charge is 0.196 e. The van der Waals surface area contributed by atoms with Gasteiger partial charge in [0, 0.05) is 17.0 Å². The Labute approximate surface area is 179 Å². The minimum absolute atomic E-state index is 0.524. The summed E-state index contributed by atoms with van der Waals surface area (Å²) in [4.78, 5) is 0. The predicted octanol–water partition coefficient (Wildman–Crippen LogP) is 6.07. The first kappa shape index (κ1) is 19.6. The normalized spacial score (nSPS) is 10.8. The Morgan fingerprint density at radius 3 is 2.38 bits per heavy atom. The molecule has 0 radical (unpaired) electrons. The number of ether oxygens (including phenoxy) is 1. The van der Waals surface area contributed by atoms with Crippen LogP contribution < -0.4 is 4.74 Å². The highest BCUT2D eigenvalue weighted by molar-refractivity contribution is 7.99. The van der Waals surface area contributed by atoms with Crippen molar-refractivity contribution in [1.29, 1.82) is 0 Å². The van der Waals surface area contributed by atoms with Gasteiger partial charge in [-0.2, -0.15) is 0 Å². The van der Waals surface area contributed by atoms with Gasteiger partial charge in [-0.25, -0.2) is 0 Å². The largest absolute Gasteiger partial charge is 0.491 e. The molecule has 0 N–H and O–H groups in total. The van der Waals surface area contributed by atoms with Crippen molar-refractivity contribution in [3.05, 3.63) is 89.4 Å². The Kier molecular flexibility index (Phi) is 6.17. The molecule has 0 spiro atoms. The van der Waals surface area contributed by atoms with Crippen molar-refractivity contribution in [2.24, 2.45) is 0 Å². The van der Waals surface area contributed by atoms with Crippen molar-refractivity contribution in [3.63, 3.8) is 0 Å². The van der Waals surface area contributed by atoms with Crippen LogP contribution >= 0.6 is 23.4 Å². The van der Waals surface area contributed by atoms with Gasteiger partial charge < -0.3 is 4.74 Å². The Bertz CT molecular complexity index is 1080. The van der Waals surface area contributed by atoms with Gasteiger partial charge in [-0.3, -0.25) is 4.57 Å². The Morgan fingerprint density at radius 2 is 1.62 bits per heavy atom. The summed E-state index contributed by atoms with van der Waals surface area (Å²) in [5.41, 5.74) is 3.28. The van der Waals surface area contributed by atoms with E-state index in [0.717, 1.165) is 28.0 Å². The molecule has 0 aliphatic heterocycles. The first-order valence-corrected chi connectivity index (χ1v) is 10.7. The molecule has 146 valence electrons. The maximum Gasteiger partial charge on any atom is 0.196 e. The Morgan fingerprint density at radius 1 is 0.897 bits per heavy atom. The molecule has 4 aromatic rings. The monoisotopic (exact) mass is 421 g/mol. The lowest BCUT2D eigenvalue weighted by Crippen LogP contribution is -2.03. The average molecular weight is 422 g/mol. The van der Waals surface area contributed by atoms with Crippen LogP contribution in [-0.4, -0.2) is 27.1 Å². The van der Waals surface area contributed by atoms with Crippen molar-refractivity contribution < 1.29 is 4.74 Å². The van der Waals surface area contributed by atoms with Crippen molar-refractivity contribution >= 4 is 23.4 Å². The highest BCUT2D eigenvalue weighted by atomic mass is 35.5. The maximum atomic E-state index is 6.15. The standard InChI is InChI=1S/C23H20ClN3OS/c1-17-11-13-19(14-12-17)27-22(18-7-3-2-4-8-18)25-26-23(27)29-16-15-28-21-10-6-5-9-20(21)24/h2-14H,15-16H2,1H3. The Balaban J connectivity index is 1.56. The molecule has 0 saturated carbocycles.